The standard InChI is InChI=1S/C26H19FN4O2S/c27-20-10-4-1-7-17(20)24-29-26-31(30-24)16(15-34-26)13-14-28-25(32)23-18-8-2-5-11-21(18)33-22-12-6-3-9-19(22)23/h1-12,15,23H,13-14H2,(H,28,32). The molecule has 3 aromatic carbocycles. The van der Waals surface area contributed by atoms with Gasteiger partial charge in [0.05, 0.1) is 17.2 Å². The highest BCUT2D eigenvalue weighted by molar-refractivity contribution is 7.15. The number of halogens is 1. The Labute approximate surface area is 198 Å². The van der Waals surface area contributed by atoms with Crippen LogP contribution in [0.2, 0.25) is 0 Å². The van der Waals surface area contributed by atoms with Gasteiger partial charge in [-0.05, 0) is 24.3 Å². The summed E-state index contributed by atoms with van der Waals surface area (Å²) in [5.74, 6) is 0.869. The van der Waals surface area contributed by atoms with Crippen molar-refractivity contribution in [2.45, 2.75) is 12.3 Å². The summed E-state index contributed by atoms with van der Waals surface area (Å²) < 4.78 is 21.9. The summed E-state index contributed by atoms with van der Waals surface area (Å²) in [4.78, 5) is 18.4. The SMILES string of the molecule is O=C(NCCc1csc2nc(-c3ccccc3F)nn12)C1c2ccccc2Oc2ccccc21. The molecule has 0 bridgehead atoms. The van der Waals surface area contributed by atoms with E-state index in [0.717, 1.165) is 16.8 Å². The Bertz CT molecular complexity index is 1480. The zero-order chi connectivity index (χ0) is 23.1. The highest BCUT2D eigenvalue weighted by Crippen LogP contribution is 2.43. The molecular formula is C26H19FN4O2S. The normalized spacial score (nSPS) is 12.7. The molecule has 6 nitrogen and oxygen atoms in total. The fraction of sp³-hybridized carbons (Fsp3) is 0.115. The van der Waals surface area contributed by atoms with Crippen LogP contribution in [0.4, 0.5) is 4.39 Å². The maximum atomic E-state index is 14.1. The van der Waals surface area contributed by atoms with Gasteiger partial charge in [0.1, 0.15) is 17.3 Å². The Balaban J connectivity index is 1.21. The van der Waals surface area contributed by atoms with E-state index < -0.39 is 5.92 Å². The topological polar surface area (TPSA) is 68.5 Å². The van der Waals surface area contributed by atoms with Gasteiger partial charge in [-0.2, -0.15) is 4.98 Å². The molecule has 0 saturated heterocycles. The van der Waals surface area contributed by atoms with Crippen molar-refractivity contribution < 1.29 is 13.9 Å². The molecule has 0 unspecified atom stereocenters. The Morgan fingerprint density at radius 2 is 1.68 bits per heavy atom. The van der Waals surface area contributed by atoms with E-state index in [0.29, 0.717) is 40.8 Å². The van der Waals surface area contributed by atoms with E-state index in [-0.39, 0.29) is 11.7 Å². The number of carbonyl (C=O) groups excluding carboxylic acids is 1. The Morgan fingerprint density at radius 3 is 2.41 bits per heavy atom. The molecule has 5 aromatic rings. The lowest BCUT2D eigenvalue weighted by atomic mass is 9.87. The number of hydrogen-bond acceptors (Lipinski definition) is 5. The number of para-hydroxylation sites is 2. The lowest BCUT2D eigenvalue weighted by Crippen LogP contribution is -2.33. The number of benzene rings is 3. The molecule has 1 aliphatic heterocycles. The second-order valence-electron chi connectivity index (χ2n) is 7.99. The van der Waals surface area contributed by atoms with Gasteiger partial charge in [0.2, 0.25) is 10.9 Å². The van der Waals surface area contributed by atoms with Gasteiger partial charge in [-0.25, -0.2) is 8.91 Å². The fourth-order valence-electron chi connectivity index (χ4n) is 4.26. The number of carbonyl (C=O) groups is 1. The van der Waals surface area contributed by atoms with Gasteiger partial charge < -0.3 is 10.1 Å². The monoisotopic (exact) mass is 470 g/mol. The van der Waals surface area contributed by atoms with Gasteiger partial charge in [-0.15, -0.1) is 16.4 Å². The molecule has 3 heterocycles. The quantitative estimate of drug-likeness (QED) is 0.384. The number of rotatable bonds is 5. The van der Waals surface area contributed by atoms with Gasteiger partial charge in [-0.1, -0.05) is 48.5 Å². The van der Waals surface area contributed by atoms with Crippen molar-refractivity contribution >= 4 is 22.2 Å². The fourth-order valence-corrected chi connectivity index (χ4v) is 5.12. The molecule has 34 heavy (non-hydrogen) atoms. The average molecular weight is 471 g/mol. The van der Waals surface area contributed by atoms with Crippen LogP contribution in [-0.2, 0) is 11.2 Å². The summed E-state index contributed by atoms with van der Waals surface area (Å²) in [6, 6.07) is 21.7. The van der Waals surface area contributed by atoms with Gasteiger partial charge in [0.25, 0.3) is 0 Å². The number of ether oxygens (including phenoxy) is 1. The molecule has 1 N–H and O–H groups in total. The van der Waals surface area contributed by atoms with Gasteiger partial charge in [0.15, 0.2) is 5.82 Å². The largest absolute Gasteiger partial charge is 0.457 e. The van der Waals surface area contributed by atoms with Crippen molar-refractivity contribution in [1.29, 1.82) is 0 Å². The first-order valence-electron chi connectivity index (χ1n) is 10.9. The highest BCUT2D eigenvalue weighted by atomic mass is 32.1. The second-order valence-corrected chi connectivity index (χ2v) is 8.82. The minimum atomic E-state index is -0.442. The molecule has 1 aliphatic rings. The molecule has 168 valence electrons. The van der Waals surface area contributed by atoms with Crippen molar-refractivity contribution in [1.82, 2.24) is 19.9 Å². The van der Waals surface area contributed by atoms with Crippen molar-refractivity contribution in [2.75, 3.05) is 6.54 Å². The summed E-state index contributed by atoms with van der Waals surface area (Å²) in [5.41, 5.74) is 2.97. The molecule has 0 aliphatic carbocycles. The van der Waals surface area contributed by atoms with E-state index in [9.17, 15) is 9.18 Å². The summed E-state index contributed by atoms with van der Waals surface area (Å²) in [7, 11) is 0. The summed E-state index contributed by atoms with van der Waals surface area (Å²) in [6.45, 7) is 0.432. The molecule has 0 spiro atoms. The van der Waals surface area contributed by atoms with Crippen molar-refractivity contribution in [3.63, 3.8) is 0 Å². The third-order valence-corrected chi connectivity index (χ3v) is 6.75. The number of nitrogens with one attached hydrogen (secondary N) is 1. The zero-order valence-corrected chi connectivity index (χ0v) is 18.8. The molecule has 6 rings (SSSR count). The first kappa shape index (κ1) is 20.6. The van der Waals surface area contributed by atoms with E-state index in [1.807, 2.05) is 53.9 Å². The van der Waals surface area contributed by atoms with E-state index in [4.69, 9.17) is 4.74 Å². The molecule has 0 atom stereocenters. The molecule has 0 radical (unpaired) electrons. The number of thiazole rings is 1. The van der Waals surface area contributed by atoms with Crippen molar-refractivity contribution in [3.05, 3.63) is 101 Å². The number of amides is 1. The van der Waals surface area contributed by atoms with Gasteiger partial charge in [0, 0.05) is 29.5 Å². The van der Waals surface area contributed by atoms with Crippen LogP contribution in [0.15, 0.2) is 78.2 Å². The minimum absolute atomic E-state index is 0.0830. The van der Waals surface area contributed by atoms with Crippen molar-refractivity contribution in [2.24, 2.45) is 0 Å². The molecule has 2 aromatic heterocycles. The predicted octanol–water partition coefficient (Wildman–Crippen LogP) is 5.19. The number of nitrogens with zero attached hydrogens (tertiary/aromatic N) is 3. The van der Waals surface area contributed by atoms with Crippen LogP contribution in [-0.4, -0.2) is 27.0 Å². The lowest BCUT2D eigenvalue weighted by molar-refractivity contribution is -0.121. The van der Waals surface area contributed by atoms with Gasteiger partial charge in [-0.3, -0.25) is 4.79 Å². The van der Waals surface area contributed by atoms with Crippen LogP contribution < -0.4 is 10.1 Å². The van der Waals surface area contributed by atoms with E-state index in [2.05, 4.69) is 15.4 Å². The Hall–Kier alpha value is -4.04. The van der Waals surface area contributed by atoms with Crippen LogP contribution in [0.25, 0.3) is 16.3 Å². The first-order valence-corrected chi connectivity index (χ1v) is 11.8. The van der Waals surface area contributed by atoms with Crippen LogP contribution in [0.1, 0.15) is 22.7 Å². The second kappa shape index (κ2) is 8.39. The average Bonchev–Trinajstić information content (AvgIpc) is 3.44. The third kappa shape index (κ3) is 3.52. The van der Waals surface area contributed by atoms with Crippen LogP contribution in [0.5, 0.6) is 11.5 Å². The number of fused-ring (bicyclic) bond motifs is 3. The maximum Gasteiger partial charge on any atom is 0.232 e. The molecule has 0 saturated carbocycles. The Kier molecular flexibility index (Phi) is 5.07. The van der Waals surface area contributed by atoms with E-state index >= 15 is 0 Å². The number of aromatic nitrogens is 3. The summed E-state index contributed by atoms with van der Waals surface area (Å²) in [5, 5.41) is 9.53. The summed E-state index contributed by atoms with van der Waals surface area (Å²) >= 11 is 1.44. The van der Waals surface area contributed by atoms with E-state index in [1.54, 1.807) is 22.7 Å². The number of hydrogen-bond donors (Lipinski definition) is 1. The third-order valence-electron chi connectivity index (χ3n) is 5.89. The highest BCUT2D eigenvalue weighted by Gasteiger charge is 2.32. The van der Waals surface area contributed by atoms with Gasteiger partial charge >= 0.3 is 0 Å². The molecule has 1 amide bonds. The zero-order valence-electron chi connectivity index (χ0n) is 17.9. The molecule has 8 heteroatoms. The molecular weight excluding hydrogens is 451 g/mol. The predicted molar refractivity (Wildman–Crippen MR) is 128 cm³/mol. The maximum absolute atomic E-state index is 14.1. The lowest BCUT2D eigenvalue weighted by Gasteiger charge is -2.27. The first-order chi connectivity index (χ1) is 16.7. The van der Waals surface area contributed by atoms with Crippen LogP contribution in [0, 0.1) is 5.82 Å². The van der Waals surface area contributed by atoms with Crippen LogP contribution in [0.3, 0.4) is 0 Å². The van der Waals surface area contributed by atoms with E-state index in [1.165, 1.54) is 17.4 Å². The van der Waals surface area contributed by atoms with Crippen LogP contribution >= 0.6 is 11.3 Å². The Morgan fingerprint density at radius 1 is 1.00 bits per heavy atom. The summed E-state index contributed by atoms with van der Waals surface area (Å²) in [6.07, 6.45) is 0.568. The molecule has 0 fully saturated rings. The smallest absolute Gasteiger partial charge is 0.232 e. The minimum Gasteiger partial charge on any atom is -0.457 e. The van der Waals surface area contributed by atoms with Crippen molar-refractivity contribution in [3.8, 4) is 22.9 Å².